The molecule has 48 valence electrons. The summed E-state index contributed by atoms with van der Waals surface area (Å²) in [6, 6.07) is 0. The molecule has 0 aromatic carbocycles. The molecule has 0 N–H and O–H groups in total. The summed E-state index contributed by atoms with van der Waals surface area (Å²) < 4.78 is 0. The van der Waals surface area contributed by atoms with Crippen molar-refractivity contribution in [2.45, 2.75) is 40.0 Å². The molecule has 0 saturated heterocycles. The molecule has 0 aromatic heterocycles. The van der Waals surface area contributed by atoms with Gasteiger partial charge >= 0.3 is 0 Å². The van der Waals surface area contributed by atoms with E-state index in [1.54, 1.807) is 0 Å². The van der Waals surface area contributed by atoms with E-state index >= 15 is 0 Å². The maximum absolute atomic E-state index is 2.37. The highest BCUT2D eigenvalue weighted by Gasteiger charge is 2.47. The van der Waals surface area contributed by atoms with Crippen LogP contribution >= 0.6 is 0 Å². The quantitative estimate of drug-likeness (QED) is 0.515. The molecule has 0 nitrogen and oxygen atoms in total. The molecular weight excluding hydrogens is 96.1 g/mol. The van der Waals surface area contributed by atoms with Crippen LogP contribution in [0.1, 0.15) is 40.0 Å². The van der Waals surface area contributed by atoms with E-state index in [1.165, 1.54) is 19.3 Å². The molecule has 0 aromatic rings. The van der Waals surface area contributed by atoms with Crippen LogP contribution in [-0.4, -0.2) is 0 Å². The van der Waals surface area contributed by atoms with Gasteiger partial charge in [-0.25, -0.2) is 0 Å². The Morgan fingerprint density at radius 3 is 1.75 bits per heavy atom. The summed E-state index contributed by atoms with van der Waals surface area (Å²) in [5.41, 5.74) is 0.792. The SMILES string of the molecule is CCC1(CC)CC1C. The maximum atomic E-state index is 2.37. The van der Waals surface area contributed by atoms with E-state index in [4.69, 9.17) is 0 Å². The molecule has 1 aliphatic carbocycles. The Morgan fingerprint density at radius 1 is 1.38 bits per heavy atom. The van der Waals surface area contributed by atoms with E-state index in [1.807, 2.05) is 0 Å². The van der Waals surface area contributed by atoms with Gasteiger partial charge in [0.2, 0.25) is 0 Å². The normalized spacial score (nSPS) is 32.6. The lowest BCUT2D eigenvalue weighted by atomic mass is 9.98. The fourth-order valence-corrected chi connectivity index (χ4v) is 1.79. The molecule has 1 rings (SSSR count). The second-order valence-corrected chi connectivity index (χ2v) is 3.17. The van der Waals surface area contributed by atoms with Crippen molar-refractivity contribution in [1.29, 1.82) is 0 Å². The van der Waals surface area contributed by atoms with E-state index in [0.29, 0.717) is 0 Å². The van der Waals surface area contributed by atoms with Gasteiger partial charge in [-0.1, -0.05) is 33.6 Å². The lowest BCUT2D eigenvalue weighted by Crippen LogP contribution is -1.97. The lowest BCUT2D eigenvalue weighted by Gasteiger charge is -2.07. The highest BCUT2D eigenvalue weighted by Crippen LogP contribution is 2.57. The van der Waals surface area contributed by atoms with Gasteiger partial charge in [-0.2, -0.15) is 0 Å². The molecule has 1 atom stereocenters. The van der Waals surface area contributed by atoms with Crippen molar-refractivity contribution in [2.24, 2.45) is 11.3 Å². The summed E-state index contributed by atoms with van der Waals surface area (Å²) in [4.78, 5) is 0. The van der Waals surface area contributed by atoms with Crippen molar-refractivity contribution in [3.8, 4) is 0 Å². The Labute approximate surface area is 52.3 Å². The van der Waals surface area contributed by atoms with E-state index in [-0.39, 0.29) is 0 Å². The zero-order valence-corrected chi connectivity index (χ0v) is 6.20. The van der Waals surface area contributed by atoms with Crippen LogP contribution in [0.5, 0.6) is 0 Å². The van der Waals surface area contributed by atoms with Crippen molar-refractivity contribution in [3.63, 3.8) is 0 Å². The summed E-state index contributed by atoms with van der Waals surface area (Å²) in [5.74, 6) is 1.03. The second kappa shape index (κ2) is 1.75. The highest BCUT2D eigenvalue weighted by molar-refractivity contribution is 4.97. The van der Waals surface area contributed by atoms with Crippen LogP contribution in [0.4, 0.5) is 0 Å². The largest absolute Gasteiger partial charge is 0.0648 e. The molecule has 0 amide bonds. The third-order valence-corrected chi connectivity index (χ3v) is 3.01. The predicted octanol–water partition coefficient (Wildman–Crippen LogP) is 2.83. The first-order valence-corrected chi connectivity index (χ1v) is 3.75. The molecule has 0 aliphatic heterocycles. The molecule has 1 fully saturated rings. The minimum Gasteiger partial charge on any atom is -0.0648 e. The van der Waals surface area contributed by atoms with Gasteiger partial charge in [0.15, 0.2) is 0 Å². The van der Waals surface area contributed by atoms with Crippen molar-refractivity contribution >= 4 is 0 Å². The van der Waals surface area contributed by atoms with Gasteiger partial charge in [0, 0.05) is 0 Å². The molecule has 0 spiro atoms. The number of rotatable bonds is 2. The lowest BCUT2D eigenvalue weighted by molar-refractivity contribution is 0.433. The first-order valence-electron chi connectivity index (χ1n) is 3.75. The molecule has 1 saturated carbocycles. The molecule has 0 heteroatoms. The van der Waals surface area contributed by atoms with Crippen LogP contribution in [0.2, 0.25) is 0 Å². The predicted molar refractivity (Wildman–Crippen MR) is 36.8 cm³/mol. The van der Waals surface area contributed by atoms with E-state index in [2.05, 4.69) is 20.8 Å². The van der Waals surface area contributed by atoms with Crippen LogP contribution < -0.4 is 0 Å². The topological polar surface area (TPSA) is 0 Å². The average molecular weight is 112 g/mol. The highest BCUT2D eigenvalue weighted by atomic mass is 14.5. The van der Waals surface area contributed by atoms with Crippen molar-refractivity contribution in [2.75, 3.05) is 0 Å². The smallest absolute Gasteiger partial charge is 0.0274 e. The second-order valence-electron chi connectivity index (χ2n) is 3.17. The van der Waals surface area contributed by atoms with E-state index < -0.39 is 0 Å². The average Bonchev–Trinajstić information content (AvgIpc) is 2.43. The monoisotopic (exact) mass is 112 g/mol. The van der Waals surface area contributed by atoms with E-state index in [0.717, 1.165) is 11.3 Å². The zero-order chi connectivity index (χ0) is 6.20. The van der Waals surface area contributed by atoms with Crippen LogP contribution in [0.15, 0.2) is 0 Å². The number of hydrogen-bond acceptors (Lipinski definition) is 0. The van der Waals surface area contributed by atoms with Gasteiger partial charge in [-0.15, -0.1) is 0 Å². The summed E-state index contributed by atoms with van der Waals surface area (Å²) in [5, 5.41) is 0. The fourth-order valence-electron chi connectivity index (χ4n) is 1.79. The van der Waals surface area contributed by atoms with Gasteiger partial charge in [0.25, 0.3) is 0 Å². The molecule has 1 aliphatic rings. The summed E-state index contributed by atoms with van der Waals surface area (Å²) in [7, 11) is 0. The minimum atomic E-state index is 0.792. The summed E-state index contributed by atoms with van der Waals surface area (Å²) in [6.07, 6.45) is 4.27. The van der Waals surface area contributed by atoms with Gasteiger partial charge in [-0.3, -0.25) is 0 Å². The van der Waals surface area contributed by atoms with E-state index in [9.17, 15) is 0 Å². The molecule has 0 bridgehead atoms. The molecule has 8 heavy (non-hydrogen) atoms. The van der Waals surface area contributed by atoms with Crippen LogP contribution in [-0.2, 0) is 0 Å². The van der Waals surface area contributed by atoms with Crippen LogP contribution in [0.25, 0.3) is 0 Å². The standard InChI is InChI=1S/C8H16/c1-4-8(5-2)6-7(8)3/h7H,4-6H2,1-3H3. The Morgan fingerprint density at radius 2 is 1.75 bits per heavy atom. The zero-order valence-electron chi connectivity index (χ0n) is 6.20. The van der Waals surface area contributed by atoms with Crippen molar-refractivity contribution in [3.05, 3.63) is 0 Å². The van der Waals surface area contributed by atoms with Gasteiger partial charge in [0.1, 0.15) is 0 Å². The Kier molecular flexibility index (Phi) is 1.34. The molecule has 0 radical (unpaired) electrons. The fraction of sp³-hybridized carbons (Fsp3) is 1.00. The summed E-state index contributed by atoms with van der Waals surface area (Å²) in [6.45, 7) is 6.99. The Hall–Kier alpha value is 0. The van der Waals surface area contributed by atoms with Crippen LogP contribution in [0, 0.1) is 11.3 Å². The maximum Gasteiger partial charge on any atom is -0.0274 e. The first kappa shape index (κ1) is 6.12. The Bertz CT molecular complexity index is 74.5. The van der Waals surface area contributed by atoms with Gasteiger partial charge in [-0.05, 0) is 17.8 Å². The molecule has 0 heterocycles. The third-order valence-electron chi connectivity index (χ3n) is 3.01. The molecular formula is C8H16. The Balaban J connectivity index is 2.39. The van der Waals surface area contributed by atoms with Crippen molar-refractivity contribution < 1.29 is 0 Å². The van der Waals surface area contributed by atoms with Gasteiger partial charge in [0.05, 0.1) is 0 Å². The number of hydrogen-bond donors (Lipinski definition) is 0. The summed E-state index contributed by atoms with van der Waals surface area (Å²) >= 11 is 0. The minimum absolute atomic E-state index is 0.792. The van der Waals surface area contributed by atoms with Gasteiger partial charge < -0.3 is 0 Å². The first-order chi connectivity index (χ1) is 3.75. The van der Waals surface area contributed by atoms with Crippen molar-refractivity contribution in [1.82, 2.24) is 0 Å². The van der Waals surface area contributed by atoms with Crippen LogP contribution in [0.3, 0.4) is 0 Å². The molecule has 1 unspecified atom stereocenters. The third kappa shape index (κ3) is 0.667.